The van der Waals surface area contributed by atoms with Crippen LogP contribution in [0.15, 0.2) is 28.8 Å². The summed E-state index contributed by atoms with van der Waals surface area (Å²) in [6.07, 6.45) is 0. The van der Waals surface area contributed by atoms with Crippen LogP contribution in [0.3, 0.4) is 0 Å². The van der Waals surface area contributed by atoms with Crippen LogP contribution in [0, 0.1) is 12.7 Å². The predicted molar refractivity (Wildman–Crippen MR) is 83.9 cm³/mol. The summed E-state index contributed by atoms with van der Waals surface area (Å²) in [6.45, 7) is 4.90. The molecule has 0 saturated carbocycles. The molecule has 2 aromatic rings. The van der Waals surface area contributed by atoms with Crippen molar-refractivity contribution in [3.8, 4) is 0 Å². The molecule has 1 aromatic heterocycles. The highest BCUT2D eigenvalue weighted by Crippen LogP contribution is 2.22. The summed E-state index contributed by atoms with van der Waals surface area (Å²) >= 11 is 0. The molecule has 24 heavy (non-hydrogen) atoms. The lowest BCUT2D eigenvalue weighted by molar-refractivity contribution is -0.124. The van der Waals surface area contributed by atoms with E-state index in [1.807, 2.05) is 13.8 Å². The van der Waals surface area contributed by atoms with E-state index in [9.17, 15) is 14.0 Å². The molecule has 0 spiro atoms. The number of carbonyl (C=O) groups excluding carboxylic acids is 2. The van der Waals surface area contributed by atoms with E-state index < -0.39 is 24.3 Å². The van der Waals surface area contributed by atoms with Crippen molar-refractivity contribution in [2.75, 3.05) is 6.61 Å². The monoisotopic (exact) mass is 334 g/mol. The van der Waals surface area contributed by atoms with E-state index in [1.54, 1.807) is 25.1 Å². The van der Waals surface area contributed by atoms with Gasteiger partial charge in [0.2, 0.25) is 0 Å². The molecule has 0 unspecified atom stereocenters. The van der Waals surface area contributed by atoms with Gasteiger partial charge in [0, 0.05) is 18.0 Å². The van der Waals surface area contributed by atoms with E-state index in [2.05, 4.69) is 10.5 Å². The van der Waals surface area contributed by atoms with Crippen molar-refractivity contribution in [2.24, 2.45) is 0 Å². The van der Waals surface area contributed by atoms with Gasteiger partial charge >= 0.3 is 5.97 Å². The molecule has 0 aliphatic carbocycles. The van der Waals surface area contributed by atoms with E-state index in [-0.39, 0.29) is 18.0 Å². The summed E-state index contributed by atoms with van der Waals surface area (Å²) < 4.78 is 23.6. The molecule has 2 rings (SSSR count). The highest BCUT2D eigenvalue weighted by Gasteiger charge is 2.24. The van der Waals surface area contributed by atoms with Gasteiger partial charge in [-0.3, -0.25) is 4.79 Å². The smallest absolute Gasteiger partial charge is 0.344 e. The highest BCUT2D eigenvalue weighted by atomic mass is 19.1. The maximum Gasteiger partial charge on any atom is 0.344 e. The number of ether oxygens (including phenoxy) is 1. The van der Waals surface area contributed by atoms with Gasteiger partial charge in [-0.25, -0.2) is 9.18 Å². The van der Waals surface area contributed by atoms with Crippen LogP contribution in [0.25, 0.3) is 0 Å². The number of nitrogens with zero attached hydrogens (tertiary/aromatic N) is 1. The van der Waals surface area contributed by atoms with Crippen LogP contribution in [-0.4, -0.2) is 23.6 Å². The standard InChI is InChI=1S/C17H19FN2O4/c1-10(2)16-15(11(3)20-24-16)17(22)23-9-14(21)19-8-12-6-4-5-7-13(12)18/h4-7,10H,8-9H2,1-3H3,(H,19,21). The molecule has 0 saturated heterocycles. The first-order valence-electron chi connectivity index (χ1n) is 7.53. The Morgan fingerprint density at radius 2 is 2.04 bits per heavy atom. The topological polar surface area (TPSA) is 81.4 Å². The van der Waals surface area contributed by atoms with Crippen molar-refractivity contribution in [2.45, 2.75) is 33.2 Å². The molecule has 0 bridgehead atoms. The minimum atomic E-state index is -0.668. The summed E-state index contributed by atoms with van der Waals surface area (Å²) in [5.41, 5.74) is 1.01. The largest absolute Gasteiger partial charge is 0.452 e. The Morgan fingerprint density at radius 3 is 2.71 bits per heavy atom. The third kappa shape index (κ3) is 4.18. The van der Waals surface area contributed by atoms with Gasteiger partial charge in [0.1, 0.15) is 11.4 Å². The van der Waals surface area contributed by atoms with Gasteiger partial charge in [0.25, 0.3) is 5.91 Å². The Labute approximate surface area is 139 Å². The summed E-state index contributed by atoms with van der Waals surface area (Å²) in [5, 5.41) is 6.25. The minimum absolute atomic E-state index is 0.0204. The number of hydrogen-bond donors (Lipinski definition) is 1. The first-order valence-corrected chi connectivity index (χ1v) is 7.53. The lowest BCUT2D eigenvalue weighted by atomic mass is 10.1. The molecule has 0 atom stereocenters. The first-order chi connectivity index (χ1) is 11.4. The second-order valence-electron chi connectivity index (χ2n) is 5.61. The molecule has 128 valence electrons. The molecule has 0 aliphatic heterocycles. The van der Waals surface area contributed by atoms with E-state index in [4.69, 9.17) is 9.26 Å². The number of halogens is 1. The van der Waals surface area contributed by atoms with Crippen LogP contribution in [0.4, 0.5) is 4.39 Å². The van der Waals surface area contributed by atoms with Crippen molar-refractivity contribution in [1.29, 1.82) is 0 Å². The lowest BCUT2D eigenvalue weighted by Crippen LogP contribution is -2.29. The quantitative estimate of drug-likeness (QED) is 0.822. The van der Waals surface area contributed by atoms with Gasteiger partial charge in [-0.1, -0.05) is 37.2 Å². The van der Waals surface area contributed by atoms with Crippen LogP contribution >= 0.6 is 0 Å². The average Bonchev–Trinajstić information content (AvgIpc) is 2.94. The molecule has 1 heterocycles. The molecular formula is C17H19FN2O4. The molecule has 1 N–H and O–H groups in total. The summed E-state index contributed by atoms with van der Waals surface area (Å²) in [4.78, 5) is 23.9. The predicted octanol–water partition coefficient (Wildman–Crippen LogP) is 2.72. The molecule has 0 aliphatic rings. The molecule has 0 fully saturated rings. The second kappa shape index (κ2) is 7.72. The van der Waals surface area contributed by atoms with Crippen LogP contribution < -0.4 is 5.32 Å². The number of carbonyl (C=O) groups is 2. The van der Waals surface area contributed by atoms with Gasteiger partial charge in [-0.15, -0.1) is 0 Å². The SMILES string of the molecule is Cc1noc(C(C)C)c1C(=O)OCC(=O)NCc1ccccc1F. The fourth-order valence-electron chi connectivity index (χ4n) is 2.12. The normalized spacial score (nSPS) is 10.7. The molecule has 1 aromatic carbocycles. The molecular weight excluding hydrogens is 315 g/mol. The lowest BCUT2D eigenvalue weighted by Gasteiger charge is -2.08. The summed E-state index contributed by atoms with van der Waals surface area (Å²) in [6, 6.07) is 6.11. The zero-order chi connectivity index (χ0) is 17.7. The number of hydrogen-bond acceptors (Lipinski definition) is 5. The van der Waals surface area contributed by atoms with E-state index in [0.717, 1.165) is 0 Å². The molecule has 7 heteroatoms. The second-order valence-corrected chi connectivity index (χ2v) is 5.61. The number of aryl methyl sites for hydroxylation is 1. The highest BCUT2D eigenvalue weighted by molar-refractivity contribution is 5.93. The van der Waals surface area contributed by atoms with Gasteiger partial charge in [0.05, 0.1) is 5.69 Å². The van der Waals surface area contributed by atoms with E-state index in [1.165, 1.54) is 6.07 Å². The Balaban J connectivity index is 1.89. The number of amides is 1. The fourth-order valence-corrected chi connectivity index (χ4v) is 2.12. The molecule has 6 nitrogen and oxygen atoms in total. The zero-order valence-electron chi connectivity index (χ0n) is 13.8. The minimum Gasteiger partial charge on any atom is -0.452 e. The molecule has 0 radical (unpaired) electrons. The first kappa shape index (κ1) is 17.7. The van der Waals surface area contributed by atoms with Crippen LogP contribution in [0.1, 0.15) is 47.1 Å². The van der Waals surface area contributed by atoms with Crippen molar-refractivity contribution >= 4 is 11.9 Å². The number of esters is 1. The van der Waals surface area contributed by atoms with Crippen molar-refractivity contribution in [3.05, 3.63) is 52.7 Å². The van der Waals surface area contributed by atoms with Crippen molar-refractivity contribution in [1.82, 2.24) is 10.5 Å². The number of aromatic nitrogens is 1. The average molecular weight is 334 g/mol. The van der Waals surface area contributed by atoms with Crippen molar-refractivity contribution < 1.29 is 23.2 Å². The number of nitrogens with one attached hydrogen (secondary N) is 1. The summed E-state index contributed by atoms with van der Waals surface area (Å²) in [5.74, 6) is -1.21. The number of rotatable bonds is 6. The van der Waals surface area contributed by atoms with Gasteiger partial charge < -0.3 is 14.6 Å². The number of benzene rings is 1. The zero-order valence-corrected chi connectivity index (χ0v) is 13.8. The summed E-state index contributed by atoms with van der Waals surface area (Å²) in [7, 11) is 0. The fraction of sp³-hybridized carbons (Fsp3) is 0.353. The van der Waals surface area contributed by atoms with Crippen LogP contribution in [0.2, 0.25) is 0 Å². The Kier molecular flexibility index (Phi) is 5.68. The third-order valence-corrected chi connectivity index (χ3v) is 3.39. The van der Waals surface area contributed by atoms with E-state index in [0.29, 0.717) is 17.0 Å². The van der Waals surface area contributed by atoms with Gasteiger partial charge in [0.15, 0.2) is 12.4 Å². The third-order valence-electron chi connectivity index (χ3n) is 3.39. The Hall–Kier alpha value is -2.70. The Morgan fingerprint density at radius 1 is 1.33 bits per heavy atom. The van der Waals surface area contributed by atoms with Crippen molar-refractivity contribution in [3.63, 3.8) is 0 Å². The van der Waals surface area contributed by atoms with Crippen LogP contribution in [0.5, 0.6) is 0 Å². The van der Waals surface area contributed by atoms with Gasteiger partial charge in [-0.05, 0) is 13.0 Å². The van der Waals surface area contributed by atoms with Crippen LogP contribution in [-0.2, 0) is 16.1 Å². The molecule has 1 amide bonds. The van der Waals surface area contributed by atoms with Gasteiger partial charge in [-0.2, -0.15) is 0 Å². The van der Waals surface area contributed by atoms with E-state index >= 15 is 0 Å². The Bertz CT molecular complexity index is 740. The maximum atomic E-state index is 13.5. The maximum absolute atomic E-state index is 13.5.